The lowest BCUT2D eigenvalue weighted by Gasteiger charge is -2.42. The molecule has 1 saturated carbocycles. The standard InChI is InChI=1S/C23H25F3N6O2S2/c24-23(25,26)35-15-11-28-20(29-12-15)14-2-7-32(8-3-14)21-16(10-27)18(31-22(13-33)5-1-6-22)19-17(30-21)4-9-36(19)34/h11-12,14,33H,1-9,13H2,(H,30,31)/t36-/m1/s1. The Balaban J connectivity index is 1.37. The molecule has 0 bridgehead atoms. The molecular weight excluding hydrogens is 513 g/mol. The molecule has 4 heterocycles. The fraction of sp³-hybridized carbons (Fsp3) is 0.565. The van der Waals surface area contributed by atoms with E-state index in [0.717, 1.165) is 25.0 Å². The molecule has 2 N–H and O–H groups in total. The number of halogens is 3. The summed E-state index contributed by atoms with van der Waals surface area (Å²) in [7, 11) is -1.25. The van der Waals surface area contributed by atoms with Gasteiger partial charge < -0.3 is 15.3 Å². The van der Waals surface area contributed by atoms with Crippen LogP contribution in [-0.4, -0.2) is 60.8 Å². The van der Waals surface area contributed by atoms with Gasteiger partial charge in [-0.05, 0) is 43.9 Å². The summed E-state index contributed by atoms with van der Waals surface area (Å²) in [5.41, 5.74) is -3.29. The molecule has 13 heteroatoms. The van der Waals surface area contributed by atoms with Crippen LogP contribution in [0.1, 0.15) is 55.1 Å². The Morgan fingerprint density at radius 2 is 1.97 bits per heavy atom. The van der Waals surface area contributed by atoms with Crippen LogP contribution in [0.4, 0.5) is 24.7 Å². The maximum absolute atomic E-state index is 12.8. The smallest absolute Gasteiger partial charge is 0.394 e. The average molecular weight is 539 g/mol. The summed E-state index contributed by atoms with van der Waals surface area (Å²) in [6, 6.07) is 2.27. The van der Waals surface area contributed by atoms with E-state index in [4.69, 9.17) is 4.98 Å². The number of aryl methyl sites for hydroxylation is 1. The third-order valence-electron chi connectivity index (χ3n) is 7.11. The first-order valence-electron chi connectivity index (χ1n) is 11.8. The predicted octanol–water partition coefficient (Wildman–Crippen LogP) is 3.73. The van der Waals surface area contributed by atoms with Gasteiger partial charge in [-0.15, -0.1) is 0 Å². The summed E-state index contributed by atoms with van der Waals surface area (Å²) in [6.07, 6.45) is 6.82. The molecule has 36 heavy (non-hydrogen) atoms. The second kappa shape index (κ2) is 9.79. The Hall–Kier alpha value is -2.43. The zero-order chi connectivity index (χ0) is 25.5. The summed E-state index contributed by atoms with van der Waals surface area (Å²) in [5.74, 6) is 1.50. The van der Waals surface area contributed by atoms with Crippen LogP contribution in [-0.2, 0) is 17.2 Å². The number of thioether (sulfide) groups is 1. The second-order valence-electron chi connectivity index (χ2n) is 9.38. The number of rotatable bonds is 6. The summed E-state index contributed by atoms with van der Waals surface area (Å²) in [6.45, 7) is 1.07. The normalized spacial score (nSPS) is 21.5. The van der Waals surface area contributed by atoms with Crippen molar-refractivity contribution in [3.05, 3.63) is 29.5 Å². The number of hydrogen-bond acceptors (Lipinski definition) is 9. The van der Waals surface area contributed by atoms with E-state index in [2.05, 4.69) is 21.4 Å². The minimum Gasteiger partial charge on any atom is -0.394 e. The highest BCUT2D eigenvalue weighted by Gasteiger charge is 2.40. The van der Waals surface area contributed by atoms with Gasteiger partial charge in [-0.3, -0.25) is 4.21 Å². The number of nitriles is 1. The molecule has 2 aliphatic heterocycles. The van der Waals surface area contributed by atoms with Crippen molar-refractivity contribution in [1.82, 2.24) is 15.0 Å². The lowest BCUT2D eigenvalue weighted by atomic mass is 9.77. The third-order valence-corrected chi connectivity index (χ3v) is 9.26. The number of nitrogens with one attached hydrogen (secondary N) is 1. The van der Waals surface area contributed by atoms with Crippen LogP contribution in [0, 0.1) is 11.3 Å². The first kappa shape index (κ1) is 25.2. The molecule has 0 aromatic carbocycles. The molecule has 192 valence electrons. The molecule has 0 radical (unpaired) electrons. The molecule has 0 amide bonds. The molecule has 2 fully saturated rings. The van der Waals surface area contributed by atoms with Crippen molar-refractivity contribution < 1.29 is 22.5 Å². The quantitative estimate of drug-likeness (QED) is 0.531. The van der Waals surface area contributed by atoms with Crippen molar-refractivity contribution in [3.8, 4) is 6.07 Å². The number of anilines is 2. The Kier molecular flexibility index (Phi) is 6.86. The van der Waals surface area contributed by atoms with E-state index in [9.17, 15) is 27.7 Å². The van der Waals surface area contributed by atoms with Gasteiger partial charge in [0.05, 0.1) is 44.1 Å². The summed E-state index contributed by atoms with van der Waals surface area (Å²) >= 11 is -0.235. The van der Waals surface area contributed by atoms with Gasteiger partial charge in [-0.2, -0.15) is 18.4 Å². The summed E-state index contributed by atoms with van der Waals surface area (Å²) in [4.78, 5) is 15.7. The van der Waals surface area contributed by atoms with Crippen molar-refractivity contribution in [1.29, 1.82) is 5.26 Å². The first-order valence-corrected chi connectivity index (χ1v) is 13.9. The maximum Gasteiger partial charge on any atom is 0.446 e. The average Bonchev–Trinajstić information content (AvgIpc) is 3.21. The minimum absolute atomic E-state index is 0.0103. The fourth-order valence-corrected chi connectivity index (χ4v) is 6.88. The van der Waals surface area contributed by atoms with Crippen molar-refractivity contribution >= 4 is 34.1 Å². The third kappa shape index (κ3) is 4.90. The molecule has 0 spiro atoms. The van der Waals surface area contributed by atoms with Gasteiger partial charge >= 0.3 is 5.51 Å². The Morgan fingerprint density at radius 3 is 2.53 bits per heavy atom. The van der Waals surface area contributed by atoms with Gasteiger partial charge in [0.1, 0.15) is 23.3 Å². The highest BCUT2D eigenvalue weighted by molar-refractivity contribution is 8.00. The number of aliphatic hydroxyl groups excluding tert-OH is 1. The van der Waals surface area contributed by atoms with Crippen LogP contribution in [0.25, 0.3) is 0 Å². The number of aromatic nitrogens is 3. The number of piperidine rings is 1. The van der Waals surface area contributed by atoms with Crippen LogP contribution in [0.2, 0.25) is 0 Å². The molecule has 5 rings (SSSR count). The topological polar surface area (TPSA) is 115 Å². The van der Waals surface area contributed by atoms with Gasteiger partial charge in [-0.25, -0.2) is 15.0 Å². The van der Waals surface area contributed by atoms with E-state index in [1.807, 2.05) is 4.90 Å². The lowest BCUT2D eigenvalue weighted by Crippen LogP contribution is -2.48. The van der Waals surface area contributed by atoms with Gasteiger partial charge in [0.15, 0.2) is 0 Å². The lowest BCUT2D eigenvalue weighted by molar-refractivity contribution is -0.0328. The van der Waals surface area contributed by atoms with Crippen LogP contribution in [0.5, 0.6) is 0 Å². The highest BCUT2D eigenvalue weighted by atomic mass is 32.2. The first-order chi connectivity index (χ1) is 17.2. The predicted molar refractivity (Wildman–Crippen MR) is 129 cm³/mol. The van der Waals surface area contributed by atoms with Crippen molar-refractivity contribution in [3.63, 3.8) is 0 Å². The van der Waals surface area contributed by atoms with Gasteiger partial charge in [0, 0.05) is 43.6 Å². The number of fused-ring (bicyclic) bond motifs is 1. The van der Waals surface area contributed by atoms with Gasteiger partial charge in [0.25, 0.3) is 0 Å². The summed E-state index contributed by atoms with van der Waals surface area (Å²) in [5, 5.41) is 23.5. The number of aliphatic hydroxyl groups is 1. The number of hydrogen-bond donors (Lipinski definition) is 2. The molecule has 0 unspecified atom stereocenters. The largest absolute Gasteiger partial charge is 0.446 e. The number of pyridine rings is 1. The number of alkyl halides is 3. The second-order valence-corrected chi connectivity index (χ2v) is 12.0. The SMILES string of the molecule is N#Cc1c(N2CCC(c3ncc(SC(F)(F)F)cn3)CC2)nc2c(c1NC1(CO)CCC1)[S@](=O)CC2. The van der Waals surface area contributed by atoms with Crippen molar-refractivity contribution in [2.45, 2.75) is 65.3 Å². The Labute approximate surface area is 213 Å². The van der Waals surface area contributed by atoms with E-state index in [1.165, 1.54) is 12.4 Å². The van der Waals surface area contributed by atoms with Crippen LogP contribution >= 0.6 is 11.8 Å². The molecule has 2 aromatic rings. The molecule has 8 nitrogen and oxygen atoms in total. The van der Waals surface area contributed by atoms with E-state index < -0.39 is 21.8 Å². The Morgan fingerprint density at radius 1 is 1.28 bits per heavy atom. The van der Waals surface area contributed by atoms with Gasteiger partial charge in [-0.1, -0.05) is 0 Å². The monoisotopic (exact) mass is 538 g/mol. The zero-order valence-electron chi connectivity index (χ0n) is 19.3. The van der Waals surface area contributed by atoms with Gasteiger partial charge in [0.2, 0.25) is 0 Å². The molecule has 3 aliphatic rings. The molecule has 1 atom stereocenters. The van der Waals surface area contributed by atoms with E-state index in [1.54, 1.807) is 0 Å². The molecule has 1 aliphatic carbocycles. The Bertz CT molecular complexity index is 1200. The van der Waals surface area contributed by atoms with Crippen molar-refractivity contribution in [2.24, 2.45) is 0 Å². The molecular formula is C23H25F3N6O2S2. The molecule has 2 aromatic heterocycles. The maximum atomic E-state index is 12.8. The van der Waals surface area contributed by atoms with E-state index in [0.29, 0.717) is 65.9 Å². The minimum atomic E-state index is -4.38. The summed E-state index contributed by atoms with van der Waals surface area (Å²) < 4.78 is 50.5. The molecule has 1 saturated heterocycles. The fourth-order valence-electron chi connectivity index (χ4n) is 5.03. The van der Waals surface area contributed by atoms with Crippen LogP contribution in [0.15, 0.2) is 22.2 Å². The van der Waals surface area contributed by atoms with E-state index >= 15 is 0 Å². The highest BCUT2D eigenvalue weighted by Crippen LogP contribution is 2.43. The van der Waals surface area contributed by atoms with Crippen molar-refractivity contribution in [2.75, 3.05) is 35.7 Å². The van der Waals surface area contributed by atoms with Crippen LogP contribution < -0.4 is 10.2 Å². The van der Waals surface area contributed by atoms with E-state index in [-0.39, 0.29) is 29.2 Å². The van der Waals surface area contributed by atoms with Crippen LogP contribution in [0.3, 0.4) is 0 Å². The zero-order valence-corrected chi connectivity index (χ0v) is 21.0. The number of nitrogens with zero attached hydrogens (tertiary/aromatic N) is 5.